The van der Waals surface area contributed by atoms with Crippen LogP contribution < -0.4 is 0 Å². The number of hydrogen-bond donors (Lipinski definition) is 0. The lowest BCUT2D eigenvalue weighted by Crippen LogP contribution is -2.65. The van der Waals surface area contributed by atoms with Gasteiger partial charge in [-0.1, -0.05) is 32.8 Å². The number of nitrogens with zero attached hydrogens (tertiary/aromatic N) is 3. The van der Waals surface area contributed by atoms with Gasteiger partial charge in [-0.2, -0.15) is 0 Å². The quantitative estimate of drug-likeness (QED) is 0.340. The molecule has 0 amide bonds. The van der Waals surface area contributed by atoms with Crippen molar-refractivity contribution in [2.45, 2.75) is 71.5 Å². The van der Waals surface area contributed by atoms with E-state index in [1.165, 1.54) is 6.42 Å². The zero-order valence-corrected chi connectivity index (χ0v) is 13.7. The van der Waals surface area contributed by atoms with Crippen molar-refractivity contribution in [2.75, 3.05) is 0 Å². The standard InChI is InChI=1S/C15H26BN3O2/c1-9(2)6-13(18-19-17)16-20-12-8-10-7-11(14(10,3)4)15(12,5)21-16/h9-13H,6-8H2,1-5H3/t10?,11?,12?,13-,15-/m0/s1. The predicted octanol–water partition coefficient (Wildman–Crippen LogP) is 3.98. The predicted molar refractivity (Wildman–Crippen MR) is 82.5 cm³/mol. The van der Waals surface area contributed by atoms with E-state index < -0.39 is 0 Å². The van der Waals surface area contributed by atoms with Gasteiger partial charge in [0.05, 0.1) is 17.6 Å². The Hall–Kier alpha value is -0.705. The van der Waals surface area contributed by atoms with Crippen LogP contribution in [0, 0.1) is 23.2 Å². The summed E-state index contributed by atoms with van der Waals surface area (Å²) in [4.78, 5) is 3.00. The van der Waals surface area contributed by atoms with Crippen LogP contribution in [-0.2, 0) is 9.31 Å². The molecule has 0 aromatic carbocycles. The Labute approximate surface area is 127 Å². The molecule has 5 nitrogen and oxygen atoms in total. The lowest BCUT2D eigenvalue weighted by molar-refractivity contribution is -0.199. The van der Waals surface area contributed by atoms with Crippen molar-refractivity contribution in [2.24, 2.45) is 28.3 Å². The molecule has 2 bridgehead atoms. The third-order valence-electron chi connectivity index (χ3n) is 6.20. The van der Waals surface area contributed by atoms with E-state index in [0.717, 1.165) is 18.8 Å². The smallest absolute Gasteiger partial charge is 0.405 e. The van der Waals surface area contributed by atoms with E-state index >= 15 is 0 Å². The SMILES string of the molecule is CC(C)C[C@H](N=[N+]=[N-])B1OC2CC3CC(C3(C)C)[C@]2(C)O1. The molecule has 3 aliphatic carbocycles. The monoisotopic (exact) mass is 291 g/mol. The van der Waals surface area contributed by atoms with Gasteiger partial charge in [0.25, 0.3) is 0 Å². The second kappa shape index (κ2) is 4.90. The van der Waals surface area contributed by atoms with E-state index in [2.05, 4.69) is 44.6 Å². The van der Waals surface area contributed by atoms with Gasteiger partial charge in [0, 0.05) is 4.91 Å². The minimum absolute atomic E-state index is 0.155. The zero-order chi connectivity index (χ0) is 15.4. The normalized spacial score (nSPS) is 41.2. The molecule has 0 aromatic heterocycles. The highest BCUT2D eigenvalue weighted by molar-refractivity contribution is 6.47. The molecule has 4 fully saturated rings. The van der Waals surface area contributed by atoms with Gasteiger partial charge < -0.3 is 9.31 Å². The molecular formula is C15H26BN3O2. The summed E-state index contributed by atoms with van der Waals surface area (Å²) in [5.41, 5.74) is 8.95. The maximum Gasteiger partial charge on any atom is 0.466 e. The Balaban J connectivity index is 1.79. The van der Waals surface area contributed by atoms with Crippen LogP contribution in [0.1, 0.15) is 53.9 Å². The van der Waals surface area contributed by atoms with E-state index in [9.17, 15) is 0 Å². The highest BCUT2D eigenvalue weighted by Gasteiger charge is 2.68. The average Bonchev–Trinajstić information content (AvgIpc) is 2.74. The van der Waals surface area contributed by atoms with Gasteiger partial charge in [0.1, 0.15) is 0 Å². The summed E-state index contributed by atoms with van der Waals surface area (Å²) in [5, 5.41) is 3.94. The first-order valence-corrected chi connectivity index (χ1v) is 8.16. The Bertz CT molecular complexity index is 478. The molecule has 4 rings (SSSR count). The van der Waals surface area contributed by atoms with Gasteiger partial charge >= 0.3 is 7.12 Å². The molecular weight excluding hydrogens is 265 g/mol. The van der Waals surface area contributed by atoms with E-state index in [-0.39, 0.29) is 24.8 Å². The molecule has 1 aliphatic heterocycles. The summed E-state index contributed by atoms with van der Waals surface area (Å²) in [6, 6.07) is 0. The second-order valence-electron chi connectivity index (χ2n) is 8.24. The molecule has 1 saturated heterocycles. The van der Waals surface area contributed by atoms with Gasteiger partial charge in [-0.25, -0.2) is 0 Å². The maximum atomic E-state index is 8.82. The van der Waals surface area contributed by atoms with Crippen LogP contribution >= 0.6 is 0 Å². The molecule has 6 heteroatoms. The van der Waals surface area contributed by atoms with Crippen LogP contribution in [0.25, 0.3) is 10.4 Å². The topological polar surface area (TPSA) is 67.2 Å². The molecule has 5 atom stereocenters. The maximum absolute atomic E-state index is 8.82. The fraction of sp³-hybridized carbons (Fsp3) is 1.00. The molecule has 3 saturated carbocycles. The third kappa shape index (κ3) is 2.19. The van der Waals surface area contributed by atoms with E-state index in [4.69, 9.17) is 14.8 Å². The molecule has 21 heavy (non-hydrogen) atoms. The molecule has 1 heterocycles. The lowest BCUT2D eigenvalue weighted by Gasteiger charge is -2.64. The minimum Gasteiger partial charge on any atom is -0.405 e. The molecule has 3 unspecified atom stereocenters. The van der Waals surface area contributed by atoms with Crippen molar-refractivity contribution in [1.82, 2.24) is 0 Å². The van der Waals surface area contributed by atoms with Gasteiger partial charge in [0.15, 0.2) is 0 Å². The van der Waals surface area contributed by atoms with Crippen molar-refractivity contribution in [3.05, 3.63) is 10.4 Å². The average molecular weight is 291 g/mol. The van der Waals surface area contributed by atoms with E-state index in [1.54, 1.807) is 0 Å². The highest BCUT2D eigenvalue weighted by atomic mass is 16.7. The zero-order valence-electron chi connectivity index (χ0n) is 13.7. The third-order valence-corrected chi connectivity index (χ3v) is 6.20. The van der Waals surface area contributed by atoms with Gasteiger partial charge in [-0.15, -0.1) is 0 Å². The molecule has 0 radical (unpaired) electrons. The minimum atomic E-state index is -0.381. The summed E-state index contributed by atoms with van der Waals surface area (Å²) in [5.74, 6) is 1.52. The summed E-state index contributed by atoms with van der Waals surface area (Å²) in [7, 11) is -0.381. The van der Waals surface area contributed by atoms with Crippen LogP contribution in [0.5, 0.6) is 0 Å². The fourth-order valence-corrected chi connectivity index (χ4v) is 4.83. The fourth-order valence-electron chi connectivity index (χ4n) is 4.83. The number of rotatable bonds is 4. The van der Waals surface area contributed by atoms with Crippen LogP contribution in [0.15, 0.2) is 5.11 Å². The second-order valence-corrected chi connectivity index (χ2v) is 8.24. The van der Waals surface area contributed by atoms with E-state index in [0.29, 0.717) is 17.3 Å². The van der Waals surface area contributed by atoms with E-state index in [1.807, 2.05) is 0 Å². The van der Waals surface area contributed by atoms with Crippen LogP contribution in [0.3, 0.4) is 0 Å². The van der Waals surface area contributed by atoms with Crippen LogP contribution in [0.2, 0.25) is 0 Å². The van der Waals surface area contributed by atoms with Crippen LogP contribution in [-0.4, -0.2) is 24.8 Å². The Morgan fingerprint density at radius 3 is 2.62 bits per heavy atom. The highest BCUT2D eigenvalue weighted by Crippen LogP contribution is 2.65. The first-order chi connectivity index (χ1) is 9.79. The Morgan fingerprint density at radius 2 is 2.05 bits per heavy atom. The van der Waals surface area contributed by atoms with Gasteiger partial charge in [0.2, 0.25) is 0 Å². The van der Waals surface area contributed by atoms with Crippen molar-refractivity contribution in [3.8, 4) is 0 Å². The Morgan fingerprint density at radius 1 is 1.33 bits per heavy atom. The summed E-state index contributed by atoms with van der Waals surface area (Å²) >= 11 is 0. The first-order valence-electron chi connectivity index (χ1n) is 8.16. The Kier molecular flexibility index (Phi) is 3.55. The number of hydrogen-bond acceptors (Lipinski definition) is 3. The van der Waals surface area contributed by atoms with Crippen molar-refractivity contribution >= 4 is 7.12 Å². The number of azide groups is 1. The molecule has 4 aliphatic rings. The van der Waals surface area contributed by atoms with Crippen LogP contribution in [0.4, 0.5) is 0 Å². The first kappa shape index (κ1) is 15.2. The van der Waals surface area contributed by atoms with Crippen molar-refractivity contribution in [3.63, 3.8) is 0 Å². The van der Waals surface area contributed by atoms with Crippen molar-refractivity contribution in [1.29, 1.82) is 0 Å². The molecule has 116 valence electrons. The lowest BCUT2D eigenvalue weighted by atomic mass is 9.43. The molecule has 0 aromatic rings. The van der Waals surface area contributed by atoms with Gasteiger partial charge in [-0.05, 0) is 54.9 Å². The summed E-state index contributed by atoms with van der Waals surface area (Å²) in [6.07, 6.45) is 3.27. The van der Waals surface area contributed by atoms with Gasteiger partial charge in [-0.3, -0.25) is 0 Å². The molecule has 0 N–H and O–H groups in total. The summed E-state index contributed by atoms with van der Waals surface area (Å²) in [6.45, 7) is 11.2. The van der Waals surface area contributed by atoms with Crippen molar-refractivity contribution < 1.29 is 9.31 Å². The summed E-state index contributed by atoms with van der Waals surface area (Å²) < 4.78 is 12.6. The molecule has 0 spiro atoms. The largest absolute Gasteiger partial charge is 0.466 e.